The van der Waals surface area contributed by atoms with Crippen molar-refractivity contribution in [3.8, 4) is 5.69 Å². The minimum atomic E-state index is -0.280. The number of nitrogens with one attached hydrogen (secondary N) is 2. The average molecular weight is 500 g/mol. The third-order valence-corrected chi connectivity index (χ3v) is 6.73. The Kier molecular flexibility index (Phi) is 6.28. The first-order valence-corrected chi connectivity index (χ1v) is 12.1. The Labute approximate surface area is 214 Å². The van der Waals surface area contributed by atoms with Gasteiger partial charge in [0.2, 0.25) is 5.91 Å². The van der Waals surface area contributed by atoms with Crippen molar-refractivity contribution in [2.45, 2.75) is 32.9 Å². The Hall–Kier alpha value is -4.04. The summed E-state index contributed by atoms with van der Waals surface area (Å²) in [5.41, 5.74) is 6.29. The van der Waals surface area contributed by atoms with Gasteiger partial charge in [0.1, 0.15) is 5.82 Å². The number of aryl methyl sites for hydroxylation is 1. The SMILES string of the molecule is CC(=O)Nc1ccc(N2C(=S)N[C@H](c3ccccn3)[C@@H]2c2cc(C)n(-c3cccc(F)c3)c2C)cc1. The Bertz CT molecular complexity index is 1430. The average Bonchev–Trinajstić information content (AvgIpc) is 3.35. The zero-order chi connectivity index (χ0) is 25.4. The second-order valence-corrected chi connectivity index (χ2v) is 9.25. The summed E-state index contributed by atoms with van der Waals surface area (Å²) >= 11 is 5.83. The van der Waals surface area contributed by atoms with Crippen molar-refractivity contribution in [3.05, 3.63) is 107 Å². The molecule has 1 fully saturated rings. The minimum Gasteiger partial charge on any atom is -0.351 e. The molecule has 1 saturated heterocycles. The molecule has 6 nitrogen and oxygen atoms in total. The molecule has 1 aliphatic rings. The molecule has 2 atom stereocenters. The van der Waals surface area contributed by atoms with E-state index in [1.807, 2.05) is 62.4 Å². The number of anilines is 2. The predicted molar refractivity (Wildman–Crippen MR) is 144 cm³/mol. The van der Waals surface area contributed by atoms with Gasteiger partial charge in [0.25, 0.3) is 0 Å². The molecule has 2 N–H and O–H groups in total. The van der Waals surface area contributed by atoms with Crippen molar-refractivity contribution < 1.29 is 9.18 Å². The summed E-state index contributed by atoms with van der Waals surface area (Å²) in [6, 6.07) is 21.8. The first-order valence-electron chi connectivity index (χ1n) is 11.7. The maximum Gasteiger partial charge on any atom is 0.221 e. The van der Waals surface area contributed by atoms with Gasteiger partial charge < -0.3 is 20.1 Å². The summed E-state index contributed by atoms with van der Waals surface area (Å²) in [5.74, 6) is -0.406. The quantitative estimate of drug-likeness (QED) is 0.342. The van der Waals surface area contributed by atoms with E-state index in [1.165, 1.54) is 19.1 Å². The highest BCUT2D eigenvalue weighted by atomic mass is 32.1. The largest absolute Gasteiger partial charge is 0.351 e. The monoisotopic (exact) mass is 499 g/mol. The van der Waals surface area contributed by atoms with Crippen LogP contribution in [0.5, 0.6) is 0 Å². The Morgan fingerprint density at radius 3 is 2.47 bits per heavy atom. The summed E-state index contributed by atoms with van der Waals surface area (Å²) in [6.07, 6.45) is 1.78. The van der Waals surface area contributed by atoms with E-state index >= 15 is 0 Å². The Morgan fingerprint density at radius 1 is 1.03 bits per heavy atom. The van der Waals surface area contributed by atoms with Gasteiger partial charge in [0.05, 0.1) is 17.8 Å². The smallest absolute Gasteiger partial charge is 0.221 e. The highest BCUT2D eigenvalue weighted by Crippen LogP contribution is 2.43. The molecule has 36 heavy (non-hydrogen) atoms. The maximum absolute atomic E-state index is 14.1. The zero-order valence-corrected chi connectivity index (χ0v) is 21.0. The fraction of sp³-hybridized carbons (Fsp3) is 0.179. The summed E-state index contributed by atoms with van der Waals surface area (Å²) in [6.45, 7) is 5.54. The molecular formula is C28H26FN5OS. The number of benzene rings is 2. The molecule has 0 bridgehead atoms. The molecule has 2 aromatic carbocycles. The van der Waals surface area contributed by atoms with Crippen molar-refractivity contribution in [1.82, 2.24) is 14.9 Å². The number of aromatic nitrogens is 2. The van der Waals surface area contributed by atoms with Crippen LogP contribution in [0.4, 0.5) is 15.8 Å². The number of carbonyl (C=O) groups excluding carboxylic acids is 1. The van der Waals surface area contributed by atoms with Crippen LogP contribution in [-0.2, 0) is 4.79 Å². The first-order chi connectivity index (χ1) is 17.3. The lowest BCUT2D eigenvalue weighted by Crippen LogP contribution is -2.29. The van der Waals surface area contributed by atoms with Gasteiger partial charge in [-0.15, -0.1) is 0 Å². The van der Waals surface area contributed by atoms with Crippen molar-refractivity contribution in [1.29, 1.82) is 0 Å². The zero-order valence-electron chi connectivity index (χ0n) is 20.2. The molecule has 8 heteroatoms. The van der Waals surface area contributed by atoms with Gasteiger partial charge in [-0.05, 0) is 92.3 Å². The topological polar surface area (TPSA) is 62.2 Å². The van der Waals surface area contributed by atoms with Gasteiger partial charge in [0, 0.05) is 41.6 Å². The summed E-state index contributed by atoms with van der Waals surface area (Å²) in [7, 11) is 0. The van der Waals surface area contributed by atoms with Crippen molar-refractivity contribution >= 4 is 34.6 Å². The lowest BCUT2D eigenvalue weighted by molar-refractivity contribution is -0.114. The van der Waals surface area contributed by atoms with Crippen LogP contribution in [0.15, 0.2) is 79.0 Å². The van der Waals surface area contributed by atoms with Crippen LogP contribution in [0.3, 0.4) is 0 Å². The van der Waals surface area contributed by atoms with E-state index in [2.05, 4.69) is 31.2 Å². The number of hydrogen-bond acceptors (Lipinski definition) is 3. The van der Waals surface area contributed by atoms with Crippen molar-refractivity contribution in [3.63, 3.8) is 0 Å². The van der Waals surface area contributed by atoms with Gasteiger partial charge in [-0.3, -0.25) is 9.78 Å². The van der Waals surface area contributed by atoms with Crippen LogP contribution in [-0.4, -0.2) is 20.6 Å². The lowest BCUT2D eigenvalue weighted by Gasteiger charge is -2.28. The summed E-state index contributed by atoms with van der Waals surface area (Å²) in [5, 5.41) is 6.86. The van der Waals surface area contributed by atoms with Crippen molar-refractivity contribution in [2.75, 3.05) is 10.2 Å². The standard InChI is InChI=1S/C28H26FN5OS/c1-17-15-24(18(2)33(17)23-8-6-7-20(29)16-23)27-26(25-9-4-5-14-30-25)32-28(36)34(27)22-12-10-21(11-13-22)31-19(3)35/h4-16,26-27H,1-3H3,(H,31,35)(H,32,36)/t26-,27+/m1/s1. The molecule has 5 rings (SSSR count). The predicted octanol–water partition coefficient (Wildman–Crippen LogP) is 5.76. The number of nitrogens with zero attached hydrogens (tertiary/aromatic N) is 3. The van der Waals surface area contributed by atoms with Crippen LogP contribution in [0.1, 0.15) is 41.7 Å². The number of carbonyl (C=O) groups is 1. The molecule has 1 aliphatic heterocycles. The first kappa shape index (κ1) is 23.7. The van der Waals surface area contributed by atoms with E-state index < -0.39 is 0 Å². The highest BCUT2D eigenvalue weighted by Gasteiger charge is 2.42. The third kappa shape index (κ3) is 4.35. The van der Waals surface area contributed by atoms with Crippen LogP contribution in [0, 0.1) is 19.7 Å². The molecule has 0 saturated carbocycles. The van der Waals surface area contributed by atoms with Gasteiger partial charge in [-0.2, -0.15) is 0 Å². The van der Waals surface area contributed by atoms with Crippen LogP contribution in [0.2, 0.25) is 0 Å². The molecule has 0 aliphatic carbocycles. The molecule has 0 unspecified atom stereocenters. The number of rotatable bonds is 5. The number of pyridine rings is 1. The van der Waals surface area contributed by atoms with Crippen LogP contribution >= 0.6 is 12.2 Å². The lowest BCUT2D eigenvalue weighted by atomic mass is 9.96. The Morgan fingerprint density at radius 2 is 1.81 bits per heavy atom. The summed E-state index contributed by atoms with van der Waals surface area (Å²) < 4.78 is 16.1. The second kappa shape index (κ2) is 9.54. The van der Waals surface area contributed by atoms with E-state index in [4.69, 9.17) is 12.2 Å². The van der Waals surface area contributed by atoms with Crippen LogP contribution in [0.25, 0.3) is 5.69 Å². The van der Waals surface area contributed by atoms with E-state index in [1.54, 1.807) is 12.3 Å². The fourth-order valence-electron chi connectivity index (χ4n) is 4.96. The normalized spacial score (nSPS) is 17.2. The molecule has 2 aromatic heterocycles. The molecule has 0 radical (unpaired) electrons. The van der Waals surface area contributed by atoms with E-state index in [9.17, 15) is 9.18 Å². The summed E-state index contributed by atoms with van der Waals surface area (Å²) in [4.78, 5) is 18.2. The number of amides is 1. The van der Waals surface area contributed by atoms with Crippen LogP contribution < -0.4 is 15.5 Å². The Balaban J connectivity index is 1.63. The number of thiocarbonyl (C=S) groups is 1. The number of hydrogen-bond donors (Lipinski definition) is 2. The molecule has 3 heterocycles. The fourth-order valence-corrected chi connectivity index (χ4v) is 5.30. The van der Waals surface area contributed by atoms with E-state index in [0.29, 0.717) is 10.8 Å². The van der Waals surface area contributed by atoms with Gasteiger partial charge in [-0.25, -0.2) is 4.39 Å². The second-order valence-electron chi connectivity index (χ2n) is 8.87. The highest BCUT2D eigenvalue weighted by molar-refractivity contribution is 7.80. The van der Waals surface area contributed by atoms with Gasteiger partial charge in [0.15, 0.2) is 5.11 Å². The minimum absolute atomic E-state index is 0.126. The molecule has 182 valence electrons. The number of halogens is 1. The van der Waals surface area contributed by atoms with E-state index in [-0.39, 0.29) is 23.8 Å². The molecule has 1 amide bonds. The van der Waals surface area contributed by atoms with Gasteiger partial charge >= 0.3 is 0 Å². The maximum atomic E-state index is 14.1. The van der Waals surface area contributed by atoms with Gasteiger partial charge in [-0.1, -0.05) is 12.1 Å². The van der Waals surface area contributed by atoms with Crippen molar-refractivity contribution in [2.24, 2.45) is 0 Å². The molecular weight excluding hydrogens is 473 g/mol. The third-order valence-electron chi connectivity index (χ3n) is 6.42. The van der Waals surface area contributed by atoms with E-state index in [0.717, 1.165) is 34.0 Å². The molecule has 4 aromatic rings. The molecule has 0 spiro atoms.